The van der Waals surface area contributed by atoms with Gasteiger partial charge < -0.3 is 9.64 Å². The number of urea groups is 1. The molecule has 3 aliphatic heterocycles. The maximum absolute atomic E-state index is 13.5. The molecule has 1 saturated heterocycles. The largest absolute Gasteiger partial charge is 0.465 e. The molecular formula is C25H24ClN5O4. The van der Waals surface area contributed by atoms with Gasteiger partial charge in [-0.3, -0.25) is 24.3 Å². The number of benzene rings is 2. The highest BCUT2D eigenvalue weighted by molar-refractivity contribution is 6.32. The Hall–Kier alpha value is -3.85. The molecule has 0 radical (unpaired) electrons. The first-order chi connectivity index (χ1) is 16.8. The number of carbonyl (C=O) groups excluding carboxylic acids is 3. The van der Waals surface area contributed by atoms with Gasteiger partial charge in [0.15, 0.2) is 12.2 Å². The van der Waals surface area contributed by atoms with Crippen molar-refractivity contribution in [1.82, 2.24) is 14.7 Å². The van der Waals surface area contributed by atoms with Crippen molar-refractivity contribution in [2.24, 2.45) is 4.99 Å². The SMILES string of the molecule is CCOC(=O)CN1C(=O)C2C(N=C3N(c4cccc(Cl)c4C)C(c4ccccc4)=CN32)N(C)C1=O. The van der Waals surface area contributed by atoms with Crippen LogP contribution in [0, 0.1) is 6.92 Å². The highest BCUT2D eigenvalue weighted by atomic mass is 35.5. The maximum Gasteiger partial charge on any atom is 0.328 e. The molecule has 2 aromatic rings. The molecule has 180 valence electrons. The number of rotatable bonds is 5. The standard InChI is InChI=1S/C25H24ClN5O4/c1-4-35-20(32)14-30-23(33)21-22(28(3)25(30)34)27-24-29(21)13-19(16-9-6-5-7-10-16)31(24)18-12-8-11-17(26)15(18)2/h5-13,21-22H,4,14H2,1-3H3. The Labute approximate surface area is 207 Å². The van der Waals surface area contributed by atoms with E-state index in [1.165, 1.54) is 4.90 Å². The van der Waals surface area contributed by atoms with E-state index in [0.717, 1.165) is 27.4 Å². The van der Waals surface area contributed by atoms with Crippen molar-refractivity contribution in [2.45, 2.75) is 26.1 Å². The van der Waals surface area contributed by atoms with Crippen LogP contribution < -0.4 is 4.90 Å². The fourth-order valence-corrected chi connectivity index (χ4v) is 4.77. The third kappa shape index (κ3) is 3.63. The number of likely N-dealkylation sites (N-methyl/N-ethyl adjacent to an activating group) is 1. The van der Waals surface area contributed by atoms with Gasteiger partial charge in [-0.15, -0.1) is 0 Å². The molecule has 0 saturated carbocycles. The Balaban J connectivity index is 1.59. The van der Waals surface area contributed by atoms with Crippen molar-refractivity contribution in [1.29, 1.82) is 0 Å². The molecule has 35 heavy (non-hydrogen) atoms. The van der Waals surface area contributed by atoms with Gasteiger partial charge in [-0.05, 0) is 31.5 Å². The predicted octanol–water partition coefficient (Wildman–Crippen LogP) is 3.29. The zero-order valence-electron chi connectivity index (χ0n) is 19.5. The van der Waals surface area contributed by atoms with Crippen molar-refractivity contribution in [3.8, 4) is 0 Å². The van der Waals surface area contributed by atoms with Crippen molar-refractivity contribution in [3.63, 3.8) is 0 Å². The number of nitrogens with zero attached hydrogens (tertiary/aromatic N) is 5. The number of amides is 3. The van der Waals surface area contributed by atoms with Crippen LogP contribution in [0.4, 0.5) is 10.5 Å². The lowest BCUT2D eigenvalue weighted by Crippen LogP contribution is -2.65. The average molecular weight is 494 g/mol. The first-order valence-corrected chi connectivity index (χ1v) is 11.6. The van der Waals surface area contributed by atoms with E-state index < -0.39 is 36.7 Å². The lowest BCUT2D eigenvalue weighted by molar-refractivity contribution is -0.150. The molecule has 3 heterocycles. The molecule has 0 spiro atoms. The van der Waals surface area contributed by atoms with Gasteiger partial charge in [0, 0.05) is 23.8 Å². The molecule has 3 aliphatic rings. The van der Waals surface area contributed by atoms with Gasteiger partial charge in [0.2, 0.25) is 5.96 Å². The van der Waals surface area contributed by atoms with Gasteiger partial charge in [-0.1, -0.05) is 48.0 Å². The van der Waals surface area contributed by atoms with E-state index in [9.17, 15) is 14.4 Å². The highest BCUT2D eigenvalue weighted by Crippen LogP contribution is 2.41. The molecule has 2 unspecified atom stereocenters. The Morgan fingerprint density at radius 2 is 1.86 bits per heavy atom. The van der Waals surface area contributed by atoms with Crippen molar-refractivity contribution in [2.75, 3.05) is 25.1 Å². The maximum atomic E-state index is 13.5. The van der Waals surface area contributed by atoms with E-state index in [4.69, 9.17) is 21.3 Å². The summed E-state index contributed by atoms with van der Waals surface area (Å²) in [6.07, 6.45) is 1.13. The van der Waals surface area contributed by atoms with Crippen molar-refractivity contribution < 1.29 is 19.1 Å². The van der Waals surface area contributed by atoms with Crippen molar-refractivity contribution >= 4 is 46.9 Å². The Morgan fingerprint density at radius 3 is 2.57 bits per heavy atom. The van der Waals surface area contributed by atoms with Crippen LogP contribution in [0.5, 0.6) is 0 Å². The number of anilines is 1. The number of hydrogen-bond donors (Lipinski definition) is 0. The summed E-state index contributed by atoms with van der Waals surface area (Å²) in [6, 6.07) is 14.0. The predicted molar refractivity (Wildman–Crippen MR) is 131 cm³/mol. The number of imide groups is 1. The summed E-state index contributed by atoms with van der Waals surface area (Å²) in [6.45, 7) is 3.30. The molecule has 2 atom stereocenters. The minimum atomic E-state index is -0.815. The van der Waals surface area contributed by atoms with Crippen LogP contribution >= 0.6 is 11.6 Å². The summed E-state index contributed by atoms with van der Waals surface area (Å²) in [5, 5.41) is 0.605. The quantitative estimate of drug-likeness (QED) is 0.594. The zero-order valence-corrected chi connectivity index (χ0v) is 20.3. The van der Waals surface area contributed by atoms with E-state index >= 15 is 0 Å². The molecule has 0 N–H and O–H groups in total. The van der Waals surface area contributed by atoms with Crippen LogP contribution in [-0.2, 0) is 14.3 Å². The number of carbonyl (C=O) groups is 3. The monoisotopic (exact) mass is 493 g/mol. The minimum absolute atomic E-state index is 0.160. The fraction of sp³-hybridized carbons (Fsp3) is 0.280. The molecule has 9 nitrogen and oxygen atoms in total. The van der Waals surface area contributed by atoms with E-state index in [1.807, 2.05) is 66.6 Å². The number of guanidine groups is 1. The van der Waals surface area contributed by atoms with Crippen LogP contribution in [0.15, 0.2) is 59.7 Å². The molecule has 3 amide bonds. The average Bonchev–Trinajstić information content (AvgIpc) is 3.40. The zero-order chi connectivity index (χ0) is 24.9. The van der Waals surface area contributed by atoms with Crippen LogP contribution in [0.25, 0.3) is 5.70 Å². The van der Waals surface area contributed by atoms with Crippen LogP contribution in [0.3, 0.4) is 0 Å². The Morgan fingerprint density at radius 1 is 1.11 bits per heavy atom. The number of esters is 1. The molecule has 1 fully saturated rings. The number of ether oxygens (including phenoxy) is 1. The molecule has 10 heteroatoms. The second-order valence-corrected chi connectivity index (χ2v) is 8.82. The molecule has 2 aromatic carbocycles. The van der Waals surface area contributed by atoms with Crippen molar-refractivity contribution in [3.05, 3.63) is 70.9 Å². The molecule has 5 rings (SSSR count). The number of hydrogen-bond acceptors (Lipinski definition) is 7. The summed E-state index contributed by atoms with van der Waals surface area (Å²) in [5.41, 5.74) is 3.42. The van der Waals surface area contributed by atoms with Crippen LogP contribution in [0.1, 0.15) is 18.1 Å². The summed E-state index contributed by atoms with van der Waals surface area (Å²) in [5.74, 6) is -0.633. The van der Waals surface area contributed by atoms with Gasteiger partial charge in [0.05, 0.1) is 18.0 Å². The molecule has 0 bridgehead atoms. The second kappa shape index (κ2) is 8.74. The first kappa shape index (κ1) is 22.9. The van der Waals surface area contributed by atoms with E-state index in [0.29, 0.717) is 11.0 Å². The normalized spacial score (nSPS) is 21.1. The Kier molecular flexibility index (Phi) is 5.72. The highest BCUT2D eigenvalue weighted by Gasteiger charge is 2.55. The van der Waals surface area contributed by atoms with Crippen LogP contribution in [-0.4, -0.2) is 71.0 Å². The smallest absolute Gasteiger partial charge is 0.328 e. The minimum Gasteiger partial charge on any atom is -0.465 e. The van der Waals surface area contributed by atoms with Gasteiger partial charge in [0.25, 0.3) is 5.91 Å². The second-order valence-electron chi connectivity index (χ2n) is 8.42. The first-order valence-electron chi connectivity index (χ1n) is 11.3. The fourth-order valence-electron chi connectivity index (χ4n) is 4.60. The van der Waals surface area contributed by atoms with Gasteiger partial charge in [-0.2, -0.15) is 0 Å². The Bertz CT molecular complexity index is 1280. The van der Waals surface area contributed by atoms with E-state index in [-0.39, 0.29) is 6.61 Å². The van der Waals surface area contributed by atoms with Crippen LogP contribution in [0.2, 0.25) is 5.02 Å². The summed E-state index contributed by atoms with van der Waals surface area (Å²) < 4.78 is 4.97. The summed E-state index contributed by atoms with van der Waals surface area (Å²) in [4.78, 5) is 49.5. The number of halogens is 1. The lowest BCUT2D eigenvalue weighted by Gasteiger charge is -2.39. The number of aliphatic imine (C=N–C) groups is 1. The molecule has 0 aliphatic carbocycles. The van der Waals surface area contributed by atoms with Gasteiger partial charge in [-0.25, -0.2) is 9.79 Å². The van der Waals surface area contributed by atoms with E-state index in [2.05, 4.69) is 0 Å². The summed E-state index contributed by atoms with van der Waals surface area (Å²) in [7, 11) is 1.58. The van der Waals surface area contributed by atoms with E-state index in [1.54, 1.807) is 18.9 Å². The topological polar surface area (TPSA) is 85.8 Å². The lowest BCUT2D eigenvalue weighted by atomic mass is 10.1. The van der Waals surface area contributed by atoms with Gasteiger partial charge in [0.1, 0.15) is 6.54 Å². The third-order valence-corrected chi connectivity index (χ3v) is 6.76. The molecule has 0 aromatic heterocycles. The molecular weight excluding hydrogens is 470 g/mol. The van der Waals surface area contributed by atoms with Gasteiger partial charge >= 0.3 is 12.0 Å². The third-order valence-electron chi connectivity index (χ3n) is 6.35. The summed E-state index contributed by atoms with van der Waals surface area (Å²) >= 11 is 6.45. The number of fused-ring (bicyclic) bond motifs is 3.